The van der Waals surface area contributed by atoms with Gasteiger partial charge in [-0.05, 0) is 17.4 Å². The molecule has 0 amide bonds. The molecule has 1 radical (unpaired) electrons. The van der Waals surface area contributed by atoms with Gasteiger partial charge in [0.25, 0.3) is 0 Å². The van der Waals surface area contributed by atoms with Crippen molar-refractivity contribution >= 4 is 11.0 Å². The summed E-state index contributed by atoms with van der Waals surface area (Å²) >= 11 is 0. The maximum Gasteiger partial charge on any atom is 0.0822 e. The maximum atomic E-state index is 10.1. The molecule has 0 fully saturated rings. The van der Waals surface area contributed by atoms with Crippen LogP contribution in [0, 0.1) is 0 Å². The summed E-state index contributed by atoms with van der Waals surface area (Å²) in [5.74, 6) is 0. The van der Waals surface area contributed by atoms with Crippen LogP contribution in [0.4, 0.5) is 0 Å². The van der Waals surface area contributed by atoms with E-state index < -0.39 is 0 Å². The third-order valence-electron chi connectivity index (χ3n) is 2.50. The predicted molar refractivity (Wildman–Crippen MR) is 68.7 cm³/mol. The van der Waals surface area contributed by atoms with Gasteiger partial charge in [-0.25, -0.2) is 5.11 Å². The highest BCUT2D eigenvalue weighted by Crippen LogP contribution is 2.09. The number of unbranched alkanes of at least 4 members (excludes halogenated alkanes) is 9. The van der Waals surface area contributed by atoms with E-state index in [1.807, 2.05) is 0 Å². The van der Waals surface area contributed by atoms with Gasteiger partial charge in [-0.2, -0.15) is 0 Å². The first-order valence-electron chi connectivity index (χ1n) is 6.00. The van der Waals surface area contributed by atoms with Crippen LogP contribution in [0.3, 0.4) is 0 Å². The standard InChI is InChI=1S/C12H25O.H4Si/c1-2-3-4-5-6-7-8-9-10-11-12-13;/h2-12H2,1H3;1H4. The molecule has 2 heteroatoms. The van der Waals surface area contributed by atoms with Crippen molar-refractivity contribution in [2.75, 3.05) is 6.61 Å². The highest BCUT2D eigenvalue weighted by molar-refractivity contribution is 5.75. The Labute approximate surface area is 94.3 Å². The topological polar surface area (TPSA) is 19.9 Å². The summed E-state index contributed by atoms with van der Waals surface area (Å²) in [5.41, 5.74) is 0. The van der Waals surface area contributed by atoms with Gasteiger partial charge in [0.2, 0.25) is 0 Å². The molecule has 0 rings (SSSR count). The van der Waals surface area contributed by atoms with Crippen LogP contribution in [0.2, 0.25) is 0 Å². The van der Waals surface area contributed by atoms with E-state index in [2.05, 4.69) is 6.92 Å². The lowest BCUT2D eigenvalue weighted by Crippen LogP contribution is -1.83. The molecule has 0 saturated heterocycles. The monoisotopic (exact) mass is 217 g/mol. The van der Waals surface area contributed by atoms with Crippen molar-refractivity contribution in [1.29, 1.82) is 0 Å². The molecule has 0 heterocycles. The lowest BCUT2D eigenvalue weighted by Gasteiger charge is -2.00. The fourth-order valence-electron chi connectivity index (χ4n) is 1.59. The van der Waals surface area contributed by atoms with Crippen LogP contribution < -0.4 is 0 Å². The molecule has 0 aromatic carbocycles. The van der Waals surface area contributed by atoms with Crippen molar-refractivity contribution in [2.24, 2.45) is 0 Å². The zero-order chi connectivity index (χ0) is 9.78. The Hall–Kier alpha value is 0.177. The van der Waals surface area contributed by atoms with E-state index in [1.165, 1.54) is 51.4 Å². The molecule has 0 spiro atoms. The van der Waals surface area contributed by atoms with E-state index in [1.54, 1.807) is 0 Å². The number of rotatable bonds is 10. The van der Waals surface area contributed by atoms with Crippen LogP contribution in [0.15, 0.2) is 0 Å². The molecule has 14 heavy (non-hydrogen) atoms. The minimum Gasteiger partial charge on any atom is -0.237 e. The zero-order valence-corrected chi connectivity index (χ0v) is 9.19. The fraction of sp³-hybridized carbons (Fsp3) is 1.00. The maximum absolute atomic E-state index is 10.1. The highest BCUT2D eigenvalue weighted by atomic mass is 28.1. The first-order chi connectivity index (χ1) is 6.41. The van der Waals surface area contributed by atoms with E-state index in [9.17, 15) is 5.11 Å². The minimum absolute atomic E-state index is 0. The Morgan fingerprint density at radius 3 is 1.36 bits per heavy atom. The van der Waals surface area contributed by atoms with Crippen LogP contribution in [0.25, 0.3) is 0 Å². The summed E-state index contributed by atoms with van der Waals surface area (Å²) in [7, 11) is 0. The van der Waals surface area contributed by atoms with Crippen LogP contribution >= 0.6 is 0 Å². The summed E-state index contributed by atoms with van der Waals surface area (Å²) in [6.45, 7) is 2.37. The van der Waals surface area contributed by atoms with Gasteiger partial charge in [-0.15, -0.1) is 0 Å². The van der Waals surface area contributed by atoms with Crippen LogP contribution in [0.5, 0.6) is 0 Å². The average molecular weight is 217 g/mol. The largest absolute Gasteiger partial charge is 0.237 e. The first kappa shape index (κ1) is 16.6. The van der Waals surface area contributed by atoms with Gasteiger partial charge < -0.3 is 0 Å². The van der Waals surface area contributed by atoms with Crippen molar-refractivity contribution in [3.05, 3.63) is 0 Å². The van der Waals surface area contributed by atoms with E-state index in [0.717, 1.165) is 12.8 Å². The summed E-state index contributed by atoms with van der Waals surface area (Å²) in [5, 5.41) is 10.1. The summed E-state index contributed by atoms with van der Waals surface area (Å²) in [6.07, 6.45) is 13.0. The number of hydrogen-bond donors (Lipinski definition) is 0. The predicted octanol–water partition coefficient (Wildman–Crippen LogP) is 2.89. The van der Waals surface area contributed by atoms with Crippen LogP contribution in [-0.4, -0.2) is 17.6 Å². The minimum atomic E-state index is 0. The Balaban J connectivity index is 0. The Morgan fingerprint density at radius 1 is 0.643 bits per heavy atom. The molecule has 0 unspecified atom stereocenters. The van der Waals surface area contributed by atoms with Gasteiger partial charge >= 0.3 is 0 Å². The second-order valence-corrected chi connectivity index (χ2v) is 3.89. The molecule has 0 aliphatic carbocycles. The zero-order valence-electron chi connectivity index (χ0n) is 9.19. The third-order valence-corrected chi connectivity index (χ3v) is 2.50. The molecule has 0 atom stereocenters. The molecule has 0 aromatic rings. The summed E-state index contributed by atoms with van der Waals surface area (Å²) in [4.78, 5) is 0. The third kappa shape index (κ3) is 14.7. The SMILES string of the molecule is CCCCCCCCCCCC[O].[SiH4]. The van der Waals surface area contributed by atoms with Gasteiger partial charge in [0.15, 0.2) is 0 Å². The second-order valence-electron chi connectivity index (χ2n) is 3.89. The average Bonchev–Trinajstić information content (AvgIpc) is 2.16. The summed E-state index contributed by atoms with van der Waals surface area (Å²) < 4.78 is 0. The molecule has 0 aliphatic heterocycles. The Bertz CT molecular complexity index is 76.4. The van der Waals surface area contributed by atoms with E-state index in [-0.39, 0.29) is 17.6 Å². The quantitative estimate of drug-likeness (QED) is 0.396. The van der Waals surface area contributed by atoms with Crippen molar-refractivity contribution in [1.82, 2.24) is 0 Å². The van der Waals surface area contributed by atoms with E-state index >= 15 is 0 Å². The fourth-order valence-corrected chi connectivity index (χ4v) is 1.59. The van der Waals surface area contributed by atoms with Gasteiger partial charge in [0.1, 0.15) is 0 Å². The Kier molecular flexibility index (Phi) is 18.5. The normalized spacial score (nSPS) is 9.86. The van der Waals surface area contributed by atoms with Gasteiger partial charge in [0.05, 0.1) is 6.61 Å². The van der Waals surface area contributed by atoms with E-state index in [4.69, 9.17) is 0 Å². The van der Waals surface area contributed by atoms with Crippen molar-refractivity contribution in [2.45, 2.75) is 71.1 Å². The molecule has 0 aromatic heterocycles. The number of hydrogen-bond acceptors (Lipinski definition) is 0. The molecule has 0 aliphatic rings. The van der Waals surface area contributed by atoms with Crippen LogP contribution in [0.1, 0.15) is 71.1 Å². The molecule has 0 N–H and O–H groups in total. The molecule has 0 bridgehead atoms. The molecule has 87 valence electrons. The molecular weight excluding hydrogens is 188 g/mol. The lowest BCUT2D eigenvalue weighted by molar-refractivity contribution is 0.186. The van der Waals surface area contributed by atoms with E-state index in [0.29, 0.717) is 0 Å². The molecular formula is C12H29OSi. The Morgan fingerprint density at radius 2 is 1.00 bits per heavy atom. The second kappa shape index (κ2) is 15.6. The van der Waals surface area contributed by atoms with Crippen molar-refractivity contribution in [3.63, 3.8) is 0 Å². The highest BCUT2D eigenvalue weighted by Gasteiger charge is 1.91. The van der Waals surface area contributed by atoms with Crippen molar-refractivity contribution < 1.29 is 5.11 Å². The summed E-state index contributed by atoms with van der Waals surface area (Å²) in [6, 6.07) is 0. The first-order valence-corrected chi connectivity index (χ1v) is 6.00. The van der Waals surface area contributed by atoms with Crippen LogP contribution in [-0.2, 0) is 5.11 Å². The van der Waals surface area contributed by atoms with Gasteiger partial charge in [-0.1, -0.05) is 64.7 Å². The smallest absolute Gasteiger partial charge is 0.0822 e. The van der Waals surface area contributed by atoms with Gasteiger partial charge in [0, 0.05) is 0 Å². The molecule has 1 nitrogen and oxygen atoms in total. The molecule has 0 saturated carbocycles. The lowest BCUT2D eigenvalue weighted by atomic mass is 10.1. The van der Waals surface area contributed by atoms with Crippen molar-refractivity contribution in [3.8, 4) is 0 Å². The van der Waals surface area contributed by atoms with Gasteiger partial charge in [-0.3, -0.25) is 0 Å².